The number of fused-ring (bicyclic) bond motifs is 4. The fourth-order valence-corrected chi connectivity index (χ4v) is 7.73. The van der Waals surface area contributed by atoms with Gasteiger partial charge in [0.1, 0.15) is 30.0 Å². The number of rotatable bonds is 13. The second kappa shape index (κ2) is 16.0. The number of benzene rings is 2. The number of piperidine rings is 1. The quantitative estimate of drug-likeness (QED) is 0.135. The van der Waals surface area contributed by atoms with E-state index in [2.05, 4.69) is 59.8 Å². The van der Waals surface area contributed by atoms with Crippen LogP contribution in [0.4, 0.5) is 14.6 Å². The van der Waals surface area contributed by atoms with Gasteiger partial charge in [0, 0.05) is 90.4 Å². The van der Waals surface area contributed by atoms with E-state index < -0.39 is 42.9 Å². The van der Waals surface area contributed by atoms with Gasteiger partial charge >= 0.3 is 5.92 Å². The Bertz CT molecular complexity index is 2610. The van der Waals surface area contributed by atoms with Crippen LogP contribution >= 0.6 is 0 Å². The Morgan fingerprint density at radius 2 is 1.55 bits per heavy atom. The Morgan fingerprint density at radius 1 is 0.767 bits per heavy atom. The standard InChI is InChI=1S/C44H40F2N8O6/c1-27-2-9-38(41(55)50-27)54-42(56)33-8-5-30(21-34(33)43(54)57)59-25-44(45,46)26-60-31-6-10-39(48-23-31)53-16-14-52(15-17-53)18-19-58-40-11-4-29(22-49-40)28-3-7-32-35-24-47-13-12-36(35)51-37(32)20-28/h3-8,10-13,20-24,38,51H,1-2,9,14-19,25-26H2,(H,50,55). The highest BCUT2D eigenvalue weighted by Gasteiger charge is 2.44. The molecule has 0 spiro atoms. The number of aromatic nitrogens is 4. The Balaban J connectivity index is 0.698. The molecule has 16 heteroatoms. The van der Waals surface area contributed by atoms with Crippen LogP contribution in [0.5, 0.6) is 17.4 Å². The van der Waals surface area contributed by atoms with Crippen molar-refractivity contribution < 1.29 is 37.4 Å². The van der Waals surface area contributed by atoms with Gasteiger partial charge in [0.25, 0.3) is 11.8 Å². The van der Waals surface area contributed by atoms with Crippen LogP contribution in [0.15, 0.2) is 104 Å². The molecule has 4 aromatic heterocycles. The molecular formula is C44H40F2N8O6. The van der Waals surface area contributed by atoms with Crippen molar-refractivity contribution in [2.75, 3.05) is 57.4 Å². The number of H-pyrrole nitrogens is 1. The third-order valence-electron chi connectivity index (χ3n) is 11.0. The summed E-state index contributed by atoms with van der Waals surface area (Å²) in [5.74, 6) is -3.75. The van der Waals surface area contributed by atoms with Crippen molar-refractivity contribution in [2.24, 2.45) is 0 Å². The summed E-state index contributed by atoms with van der Waals surface area (Å²) in [7, 11) is 0. The van der Waals surface area contributed by atoms with Crippen LogP contribution < -0.4 is 24.4 Å². The van der Waals surface area contributed by atoms with E-state index in [9.17, 15) is 23.2 Å². The topological polar surface area (TPSA) is 155 Å². The summed E-state index contributed by atoms with van der Waals surface area (Å²) in [5, 5.41) is 4.80. The number of hydrogen-bond donors (Lipinski definition) is 2. The number of nitrogens with zero attached hydrogens (tertiary/aromatic N) is 6. The van der Waals surface area contributed by atoms with Crippen molar-refractivity contribution in [3.8, 4) is 28.5 Å². The zero-order chi connectivity index (χ0) is 41.4. The summed E-state index contributed by atoms with van der Waals surface area (Å²) in [5.41, 5.74) is 4.73. The van der Waals surface area contributed by atoms with Gasteiger partial charge in [0.15, 0.2) is 13.2 Å². The van der Waals surface area contributed by atoms with Crippen LogP contribution in [0.25, 0.3) is 32.9 Å². The van der Waals surface area contributed by atoms with Gasteiger partial charge in [-0.25, -0.2) is 9.97 Å². The molecule has 2 aromatic carbocycles. The number of amides is 3. The number of pyridine rings is 3. The summed E-state index contributed by atoms with van der Waals surface area (Å²) in [4.78, 5) is 60.5. The van der Waals surface area contributed by atoms with Crippen molar-refractivity contribution in [3.05, 3.63) is 115 Å². The van der Waals surface area contributed by atoms with E-state index in [1.807, 2.05) is 30.6 Å². The zero-order valence-electron chi connectivity index (χ0n) is 32.4. The number of aromatic amines is 1. The minimum Gasteiger partial charge on any atom is -0.487 e. The van der Waals surface area contributed by atoms with Gasteiger partial charge in [-0.2, -0.15) is 8.78 Å². The molecule has 3 aliphatic rings. The molecule has 60 heavy (non-hydrogen) atoms. The predicted octanol–water partition coefficient (Wildman–Crippen LogP) is 5.86. The highest BCUT2D eigenvalue weighted by Crippen LogP contribution is 2.32. The molecule has 0 bridgehead atoms. The number of hydrogen-bond acceptors (Lipinski definition) is 11. The second-order valence-electron chi connectivity index (χ2n) is 15.0. The zero-order valence-corrected chi connectivity index (χ0v) is 32.4. The van der Waals surface area contributed by atoms with E-state index in [-0.39, 0.29) is 29.0 Å². The highest BCUT2D eigenvalue weighted by molar-refractivity contribution is 6.23. The number of anilines is 1. The number of alkyl halides is 2. The van der Waals surface area contributed by atoms with E-state index in [0.29, 0.717) is 24.6 Å². The summed E-state index contributed by atoms with van der Waals surface area (Å²) in [6.45, 7) is 6.02. The Kier molecular flexibility index (Phi) is 10.3. The molecule has 1 unspecified atom stereocenters. The molecule has 306 valence electrons. The smallest absolute Gasteiger partial charge is 0.314 e. The van der Waals surface area contributed by atoms with E-state index >= 15 is 0 Å². The number of ether oxygens (including phenoxy) is 3. The van der Waals surface area contributed by atoms with Crippen LogP contribution in [0, 0.1) is 0 Å². The molecule has 0 aliphatic carbocycles. The van der Waals surface area contributed by atoms with Crippen molar-refractivity contribution >= 4 is 45.3 Å². The van der Waals surface area contributed by atoms with E-state index in [1.54, 1.807) is 18.3 Å². The van der Waals surface area contributed by atoms with Crippen molar-refractivity contribution in [1.82, 2.24) is 35.1 Å². The average Bonchev–Trinajstić information content (AvgIpc) is 3.75. The third kappa shape index (κ3) is 7.93. The normalized spacial score (nSPS) is 17.3. The van der Waals surface area contributed by atoms with Crippen molar-refractivity contribution in [2.45, 2.75) is 24.8 Å². The van der Waals surface area contributed by atoms with Crippen LogP contribution in [0.2, 0.25) is 0 Å². The molecule has 2 saturated heterocycles. The van der Waals surface area contributed by atoms with Crippen LogP contribution in [0.1, 0.15) is 33.6 Å². The van der Waals surface area contributed by atoms with Crippen LogP contribution in [-0.4, -0.2) is 112 Å². The largest absolute Gasteiger partial charge is 0.487 e. The number of carbonyl (C=O) groups excluding carboxylic acids is 3. The van der Waals surface area contributed by atoms with Gasteiger partial charge in [0.2, 0.25) is 11.8 Å². The van der Waals surface area contributed by atoms with Crippen molar-refractivity contribution in [1.29, 1.82) is 0 Å². The Hall–Kier alpha value is -6.94. The minimum absolute atomic E-state index is 0.0126. The first-order valence-electron chi connectivity index (χ1n) is 19.6. The lowest BCUT2D eigenvalue weighted by molar-refractivity contribution is -0.125. The summed E-state index contributed by atoms with van der Waals surface area (Å²) in [6.07, 6.45) is 7.56. The molecule has 1 atom stereocenters. The lowest BCUT2D eigenvalue weighted by Gasteiger charge is -2.35. The maximum absolute atomic E-state index is 14.9. The molecule has 14 nitrogen and oxygen atoms in total. The lowest BCUT2D eigenvalue weighted by atomic mass is 10.0. The molecule has 3 amide bonds. The molecule has 0 saturated carbocycles. The van der Waals surface area contributed by atoms with E-state index in [4.69, 9.17) is 14.2 Å². The average molecular weight is 815 g/mol. The van der Waals surface area contributed by atoms with Crippen LogP contribution in [-0.2, 0) is 4.79 Å². The Morgan fingerprint density at radius 3 is 2.32 bits per heavy atom. The van der Waals surface area contributed by atoms with Gasteiger partial charge in [-0.3, -0.25) is 29.2 Å². The number of imide groups is 1. The fraction of sp³-hybridized carbons (Fsp3) is 0.273. The summed E-state index contributed by atoms with van der Waals surface area (Å²) >= 11 is 0. The van der Waals surface area contributed by atoms with Gasteiger partial charge in [-0.05, 0) is 66.9 Å². The summed E-state index contributed by atoms with van der Waals surface area (Å²) in [6, 6.07) is 18.5. The number of nitrogens with one attached hydrogen (secondary N) is 2. The third-order valence-corrected chi connectivity index (χ3v) is 11.0. The molecule has 2 fully saturated rings. The minimum atomic E-state index is -3.39. The van der Waals surface area contributed by atoms with Gasteiger partial charge < -0.3 is 29.4 Å². The molecular weight excluding hydrogens is 775 g/mol. The lowest BCUT2D eigenvalue weighted by Crippen LogP contribution is -2.51. The van der Waals surface area contributed by atoms with Crippen molar-refractivity contribution in [3.63, 3.8) is 0 Å². The molecule has 3 aliphatic heterocycles. The first-order valence-corrected chi connectivity index (χ1v) is 19.6. The van der Waals surface area contributed by atoms with Gasteiger partial charge in [0.05, 0.1) is 17.3 Å². The van der Waals surface area contributed by atoms with Crippen LogP contribution in [0.3, 0.4) is 0 Å². The Labute approximate surface area is 342 Å². The summed E-state index contributed by atoms with van der Waals surface area (Å²) < 4.78 is 46.4. The highest BCUT2D eigenvalue weighted by atomic mass is 19.3. The fourth-order valence-electron chi connectivity index (χ4n) is 7.73. The molecule has 6 aromatic rings. The number of piperazine rings is 1. The number of halogens is 2. The maximum atomic E-state index is 14.9. The van der Waals surface area contributed by atoms with Gasteiger partial charge in [-0.15, -0.1) is 0 Å². The molecule has 7 heterocycles. The van der Waals surface area contributed by atoms with Gasteiger partial charge in [-0.1, -0.05) is 18.7 Å². The monoisotopic (exact) mass is 814 g/mol. The van der Waals surface area contributed by atoms with E-state index in [0.717, 1.165) is 76.4 Å². The molecule has 9 rings (SSSR count). The second-order valence-corrected chi connectivity index (χ2v) is 15.0. The maximum Gasteiger partial charge on any atom is 0.314 e. The first-order chi connectivity index (χ1) is 29.1. The predicted molar refractivity (Wildman–Crippen MR) is 218 cm³/mol. The first kappa shape index (κ1) is 38.6. The molecule has 0 radical (unpaired) electrons. The SMILES string of the molecule is C=C1CCC(N2C(=O)c3ccc(OCC(F)(F)COc4ccc(N5CCN(CCOc6ccc(-c7ccc8c(c7)[nH]c7ccncc78)cn6)CC5)nc4)cc3C2=O)C(=O)N1. The number of carbonyl (C=O) groups is 3. The van der Waals surface area contributed by atoms with E-state index in [1.165, 1.54) is 24.4 Å². The number of allylic oxidation sites excluding steroid dienone is 1. The molecule has 2 N–H and O–H groups in total.